The molecule has 0 unspecified atom stereocenters. The maximum absolute atomic E-state index is 7.07. The van der Waals surface area contributed by atoms with Crippen molar-refractivity contribution in [1.82, 2.24) is 4.90 Å². The molecule has 0 spiro atoms. The van der Waals surface area contributed by atoms with E-state index in [0.29, 0.717) is 0 Å². The molecule has 30 heavy (non-hydrogen) atoms. The molecule has 4 rings (SSSR count). The zero-order chi connectivity index (χ0) is 21.0. The Bertz CT molecular complexity index is 786. The van der Waals surface area contributed by atoms with Gasteiger partial charge in [-0.1, -0.05) is 55.5 Å². The van der Waals surface area contributed by atoms with E-state index in [4.69, 9.17) is 23.2 Å². The second-order valence-corrected chi connectivity index (χ2v) is 10.8. The number of benzene rings is 2. The van der Waals surface area contributed by atoms with E-state index >= 15 is 0 Å². The van der Waals surface area contributed by atoms with Gasteiger partial charge in [-0.05, 0) is 93.1 Å². The Morgan fingerprint density at radius 2 is 1.40 bits per heavy atom. The van der Waals surface area contributed by atoms with Crippen molar-refractivity contribution in [2.24, 2.45) is 0 Å². The first-order valence-corrected chi connectivity index (χ1v) is 12.6. The molecule has 1 nitrogen and oxygen atoms in total. The molecule has 162 valence electrons. The third-order valence-corrected chi connectivity index (χ3v) is 8.29. The molecule has 0 heterocycles. The van der Waals surface area contributed by atoms with E-state index in [1.54, 1.807) is 0 Å². The average molecular weight is 444 g/mol. The minimum Gasteiger partial charge on any atom is -0.299 e. The number of rotatable bonds is 10. The van der Waals surface area contributed by atoms with Crippen LogP contribution in [0.15, 0.2) is 48.5 Å². The minimum absolute atomic E-state index is 0.157. The third-order valence-electron chi connectivity index (χ3n) is 7.12. The van der Waals surface area contributed by atoms with Crippen LogP contribution >= 0.6 is 23.2 Å². The van der Waals surface area contributed by atoms with Crippen molar-refractivity contribution in [2.45, 2.75) is 81.0 Å². The summed E-state index contributed by atoms with van der Waals surface area (Å²) in [5.41, 5.74) is 5.59. The number of halogens is 2. The van der Waals surface area contributed by atoms with Crippen molar-refractivity contribution < 1.29 is 0 Å². The lowest BCUT2D eigenvalue weighted by atomic mass is 9.71. The molecule has 0 atom stereocenters. The van der Waals surface area contributed by atoms with Crippen LogP contribution in [0.2, 0.25) is 0 Å². The Morgan fingerprint density at radius 3 is 1.90 bits per heavy atom. The topological polar surface area (TPSA) is 3.24 Å². The van der Waals surface area contributed by atoms with Crippen LogP contribution in [-0.4, -0.2) is 18.0 Å². The van der Waals surface area contributed by atoms with Gasteiger partial charge in [-0.25, -0.2) is 0 Å². The quantitative estimate of drug-likeness (QED) is 0.338. The van der Waals surface area contributed by atoms with Crippen LogP contribution in [0.4, 0.5) is 0 Å². The lowest BCUT2D eigenvalue weighted by Gasteiger charge is -2.42. The van der Waals surface area contributed by atoms with E-state index in [2.05, 4.69) is 60.4 Å². The van der Waals surface area contributed by atoms with E-state index in [9.17, 15) is 0 Å². The third kappa shape index (κ3) is 4.74. The molecule has 0 saturated heterocycles. The van der Waals surface area contributed by atoms with Gasteiger partial charge in [0.2, 0.25) is 0 Å². The van der Waals surface area contributed by atoms with Crippen LogP contribution in [0.5, 0.6) is 0 Å². The first-order chi connectivity index (χ1) is 14.5. The summed E-state index contributed by atoms with van der Waals surface area (Å²) in [7, 11) is 0. The van der Waals surface area contributed by atoms with Crippen LogP contribution in [0, 0.1) is 0 Å². The molecule has 0 amide bonds. The van der Waals surface area contributed by atoms with E-state index in [0.717, 1.165) is 58.2 Å². The molecule has 3 heteroatoms. The summed E-state index contributed by atoms with van der Waals surface area (Å²) in [4.78, 5) is 2.28. The smallest absolute Gasteiger partial charge is 0.0697 e. The molecule has 2 saturated carbocycles. The summed E-state index contributed by atoms with van der Waals surface area (Å²) >= 11 is 14.1. The average Bonchev–Trinajstić information content (AvgIpc) is 2.71. The Kier molecular flexibility index (Phi) is 7.12. The van der Waals surface area contributed by atoms with Gasteiger partial charge >= 0.3 is 0 Å². The van der Waals surface area contributed by atoms with Crippen molar-refractivity contribution in [3.8, 4) is 0 Å². The molecule has 2 aromatic rings. The fourth-order valence-electron chi connectivity index (χ4n) is 5.12. The highest BCUT2D eigenvalue weighted by molar-refractivity contribution is 6.25. The van der Waals surface area contributed by atoms with Gasteiger partial charge in [0, 0.05) is 6.54 Å². The monoisotopic (exact) mass is 443 g/mol. The fraction of sp³-hybridized carbons (Fsp3) is 0.556. The molecule has 0 bridgehead atoms. The van der Waals surface area contributed by atoms with Gasteiger partial charge in [0.1, 0.15) is 0 Å². The van der Waals surface area contributed by atoms with Crippen molar-refractivity contribution in [3.63, 3.8) is 0 Å². The molecular formula is C27H35Cl2N. The molecule has 2 aromatic carbocycles. The summed E-state index contributed by atoms with van der Waals surface area (Å²) in [6.45, 7) is 5.55. The van der Waals surface area contributed by atoms with Gasteiger partial charge in [0.15, 0.2) is 0 Å². The van der Waals surface area contributed by atoms with Crippen molar-refractivity contribution in [3.05, 3.63) is 70.8 Å². The number of nitrogens with zero attached hydrogens (tertiary/aromatic N) is 1. The minimum atomic E-state index is -0.157. The zero-order valence-corrected chi connectivity index (χ0v) is 19.8. The van der Waals surface area contributed by atoms with Crippen LogP contribution in [-0.2, 0) is 22.7 Å². The first kappa shape index (κ1) is 22.2. The highest BCUT2D eigenvalue weighted by Gasteiger charge is 2.42. The molecule has 0 radical (unpaired) electrons. The molecule has 2 aliphatic carbocycles. The van der Waals surface area contributed by atoms with E-state index in [-0.39, 0.29) is 9.75 Å². The van der Waals surface area contributed by atoms with Crippen molar-refractivity contribution in [1.29, 1.82) is 0 Å². The number of hydrogen-bond donors (Lipinski definition) is 0. The van der Waals surface area contributed by atoms with Gasteiger partial charge in [-0.15, -0.1) is 23.2 Å². The molecule has 2 fully saturated rings. The lowest BCUT2D eigenvalue weighted by Crippen LogP contribution is -2.33. The standard InChI is InChI=1S/C27H35Cl2N/c1-2-19-30(21-22-10-4-3-5-11-22)20-7-12-23-24(26(28)15-8-16-26)13-6-14-25(23)27(29)17-9-18-27/h3-6,10-11,13-14H,2,7-9,12,15-21H2,1H3. The molecule has 0 N–H and O–H groups in total. The maximum Gasteiger partial charge on any atom is 0.0697 e. The normalized spacial score (nSPS) is 19.3. The van der Waals surface area contributed by atoms with Crippen molar-refractivity contribution in [2.75, 3.05) is 13.1 Å². The second kappa shape index (κ2) is 9.63. The Balaban J connectivity index is 1.50. The molecule has 0 aliphatic heterocycles. The number of alkyl halides is 2. The van der Waals surface area contributed by atoms with Crippen LogP contribution in [0.1, 0.15) is 80.5 Å². The Labute approximate surface area is 192 Å². The lowest BCUT2D eigenvalue weighted by molar-refractivity contribution is 0.262. The fourth-order valence-corrected chi connectivity index (χ4v) is 6.00. The van der Waals surface area contributed by atoms with Gasteiger partial charge in [0.25, 0.3) is 0 Å². The van der Waals surface area contributed by atoms with Crippen molar-refractivity contribution >= 4 is 23.2 Å². The Morgan fingerprint density at radius 1 is 0.800 bits per heavy atom. The van der Waals surface area contributed by atoms with Crippen LogP contribution in [0.25, 0.3) is 0 Å². The van der Waals surface area contributed by atoms with Gasteiger partial charge in [-0.3, -0.25) is 4.90 Å². The van der Waals surface area contributed by atoms with Gasteiger partial charge in [-0.2, -0.15) is 0 Å². The van der Waals surface area contributed by atoms with E-state index in [1.165, 1.54) is 41.5 Å². The van der Waals surface area contributed by atoms with Crippen LogP contribution in [0.3, 0.4) is 0 Å². The highest BCUT2D eigenvalue weighted by Crippen LogP contribution is 2.53. The zero-order valence-electron chi connectivity index (χ0n) is 18.3. The molecule has 2 aliphatic rings. The summed E-state index contributed by atoms with van der Waals surface area (Å²) in [5, 5.41) is 0. The summed E-state index contributed by atoms with van der Waals surface area (Å²) in [5.74, 6) is 0. The van der Waals surface area contributed by atoms with E-state index in [1.807, 2.05) is 0 Å². The van der Waals surface area contributed by atoms with Crippen LogP contribution < -0.4 is 0 Å². The van der Waals surface area contributed by atoms with Gasteiger partial charge < -0.3 is 0 Å². The molecule has 0 aromatic heterocycles. The SMILES string of the molecule is CCCN(CCCc1c(C2(Cl)CCC2)cccc1C1(Cl)CCC1)Cc1ccccc1. The summed E-state index contributed by atoms with van der Waals surface area (Å²) in [6, 6.07) is 17.6. The first-order valence-electron chi connectivity index (χ1n) is 11.8. The van der Waals surface area contributed by atoms with E-state index < -0.39 is 0 Å². The number of hydrogen-bond acceptors (Lipinski definition) is 1. The summed E-state index contributed by atoms with van der Waals surface area (Å²) in [6.07, 6.45) is 10.3. The maximum atomic E-state index is 7.07. The highest BCUT2D eigenvalue weighted by atomic mass is 35.5. The predicted octanol–water partition coefficient (Wildman–Crippen LogP) is 7.77. The summed E-state index contributed by atoms with van der Waals surface area (Å²) < 4.78 is 0. The predicted molar refractivity (Wildman–Crippen MR) is 130 cm³/mol. The van der Waals surface area contributed by atoms with Gasteiger partial charge in [0.05, 0.1) is 9.75 Å². The molecular weight excluding hydrogens is 409 g/mol. The second-order valence-electron chi connectivity index (χ2n) is 9.33. The Hall–Kier alpha value is -1.02. The largest absolute Gasteiger partial charge is 0.299 e.